The number of benzene rings is 2. The maximum absolute atomic E-state index is 13.2. The lowest BCUT2D eigenvalue weighted by atomic mass is 10.0. The van der Waals surface area contributed by atoms with Crippen LogP contribution in [0.2, 0.25) is 0 Å². The highest BCUT2D eigenvalue weighted by atomic mass is 32.1. The van der Waals surface area contributed by atoms with Crippen LogP contribution in [0.1, 0.15) is 28.1 Å². The number of nitrogens with zero attached hydrogens (tertiary/aromatic N) is 1. The summed E-state index contributed by atoms with van der Waals surface area (Å²) in [6.07, 6.45) is 2.46. The Bertz CT molecular complexity index is 1010. The molecule has 2 heterocycles. The van der Waals surface area contributed by atoms with Crippen LogP contribution >= 0.6 is 11.3 Å². The molecule has 1 aliphatic heterocycles. The van der Waals surface area contributed by atoms with E-state index in [0.717, 1.165) is 41.9 Å². The number of rotatable bonds is 6. The second kappa shape index (κ2) is 9.22. The molecular weight excluding hydrogens is 399 g/mol. The van der Waals surface area contributed by atoms with Crippen LogP contribution < -0.4 is 5.32 Å². The molecule has 2 aromatic carbocycles. The van der Waals surface area contributed by atoms with Crippen molar-refractivity contribution in [2.75, 3.05) is 13.1 Å². The molecule has 0 bridgehead atoms. The lowest BCUT2D eigenvalue weighted by Gasteiger charge is -2.24. The molecule has 6 heteroatoms. The number of thiophene rings is 1. The van der Waals surface area contributed by atoms with Gasteiger partial charge in [0.15, 0.2) is 0 Å². The van der Waals surface area contributed by atoms with Gasteiger partial charge in [-0.15, -0.1) is 11.3 Å². The van der Waals surface area contributed by atoms with Crippen molar-refractivity contribution in [1.82, 2.24) is 10.2 Å². The summed E-state index contributed by atoms with van der Waals surface area (Å²) in [6, 6.07) is 18.9. The predicted molar refractivity (Wildman–Crippen MR) is 117 cm³/mol. The van der Waals surface area contributed by atoms with Crippen LogP contribution in [0.5, 0.6) is 0 Å². The fourth-order valence-corrected chi connectivity index (χ4v) is 4.58. The zero-order valence-corrected chi connectivity index (χ0v) is 17.3. The first-order valence-corrected chi connectivity index (χ1v) is 10.9. The van der Waals surface area contributed by atoms with Crippen LogP contribution in [0.3, 0.4) is 0 Å². The summed E-state index contributed by atoms with van der Waals surface area (Å²) < 4.78 is 13.2. The SMILES string of the molecule is O=C(NC(Cc1ccccc1)C(=O)N1CCCC1)c1ccc(-c2ccc(F)cc2)s1. The van der Waals surface area contributed by atoms with Crippen molar-refractivity contribution in [2.24, 2.45) is 0 Å². The first-order chi connectivity index (χ1) is 14.6. The molecule has 1 unspecified atom stereocenters. The van der Waals surface area contributed by atoms with Gasteiger partial charge >= 0.3 is 0 Å². The molecule has 154 valence electrons. The molecule has 3 aromatic rings. The molecule has 2 amide bonds. The molecule has 1 aromatic heterocycles. The molecular formula is C24H23FN2O2S. The van der Waals surface area contributed by atoms with E-state index >= 15 is 0 Å². The van der Waals surface area contributed by atoms with Crippen molar-refractivity contribution in [3.05, 3.63) is 83.0 Å². The van der Waals surface area contributed by atoms with E-state index < -0.39 is 6.04 Å². The monoisotopic (exact) mass is 422 g/mol. The third-order valence-corrected chi connectivity index (χ3v) is 6.40. The van der Waals surface area contributed by atoms with E-state index in [0.29, 0.717) is 11.3 Å². The molecule has 1 N–H and O–H groups in total. The zero-order valence-electron chi connectivity index (χ0n) is 16.5. The molecule has 30 heavy (non-hydrogen) atoms. The van der Waals surface area contributed by atoms with E-state index in [1.807, 2.05) is 41.3 Å². The third kappa shape index (κ3) is 4.76. The first-order valence-electron chi connectivity index (χ1n) is 10.1. The number of hydrogen-bond acceptors (Lipinski definition) is 3. The van der Waals surface area contributed by atoms with E-state index in [9.17, 15) is 14.0 Å². The van der Waals surface area contributed by atoms with Crippen LogP contribution in [-0.4, -0.2) is 35.8 Å². The van der Waals surface area contributed by atoms with Gasteiger partial charge in [0.05, 0.1) is 4.88 Å². The number of amides is 2. The number of nitrogens with one attached hydrogen (secondary N) is 1. The fourth-order valence-electron chi connectivity index (χ4n) is 3.67. The minimum absolute atomic E-state index is 0.0278. The standard InChI is InChI=1S/C24H23FN2O2S/c25-19-10-8-18(9-11-19)21-12-13-22(30-21)23(28)26-20(16-17-6-2-1-3-7-17)24(29)27-14-4-5-15-27/h1-3,6-13,20H,4-5,14-16H2,(H,26,28). The van der Waals surface area contributed by atoms with Crippen LogP contribution in [0.15, 0.2) is 66.7 Å². The van der Waals surface area contributed by atoms with Crippen LogP contribution in [0, 0.1) is 5.82 Å². The Kier molecular flexibility index (Phi) is 6.23. The van der Waals surface area contributed by atoms with Crippen LogP contribution in [0.4, 0.5) is 4.39 Å². The summed E-state index contributed by atoms with van der Waals surface area (Å²) in [6.45, 7) is 1.49. The molecule has 0 spiro atoms. The highest BCUT2D eigenvalue weighted by Gasteiger charge is 2.28. The van der Waals surface area contributed by atoms with Gasteiger partial charge in [0, 0.05) is 24.4 Å². The minimum Gasteiger partial charge on any atom is -0.341 e. The Balaban J connectivity index is 1.51. The summed E-state index contributed by atoms with van der Waals surface area (Å²) in [5.74, 6) is -0.584. The molecule has 0 saturated carbocycles. The average Bonchev–Trinajstić information content (AvgIpc) is 3.46. The van der Waals surface area contributed by atoms with Gasteiger partial charge < -0.3 is 10.2 Å². The predicted octanol–water partition coefficient (Wildman–Crippen LogP) is 4.52. The number of carbonyl (C=O) groups excluding carboxylic acids is 2. The number of likely N-dealkylation sites (tertiary alicyclic amines) is 1. The number of halogens is 1. The highest BCUT2D eigenvalue weighted by molar-refractivity contribution is 7.17. The summed E-state index contributed by atoms with van der Waals surface area (Å²) in [4.78, 5) is 29.2. The van der Waals surface area contributed by atoms with Crippen molar-refractivity contribution in [3.8, 4) is 10.4 Å². The quantitative estimate of drug-likeness (QED) is 0.635. The van der Waals surface area contributed by atoms with Crippen molar-refractivity contribution < 1.29 is 14.0 Å². The smallest absolute Gasteiger partial charge is 0.262 e. The summed E-state index contributed by atoms with van der Waals surface area (Å²) in [7, 11) is 0. The normalized spacial score (nSPS) is 14.5. The maximum Gasteiger partial charge on any atom is 0.262 e. The Labute approximate surface area is 179 Å². The Morgan fingerprint density at radius 2 is 1.67 bits per heavy atom. The van der Waals surface area contributed by atoms with Gasteiger partial charge in [0.25, 0.3) is 5.91 Å². The second-order valence-electron chi connectivity index (χ2n) is 7.42. The molecule has 4 rings (SSSR count). The zero-order chi connectivity index (χ0) is 20.9. The molecule has 0 aliphatic carbocycles. The van der Waals surface area contributed by atoms with Crippen LogP contribution in [-0.2, 0) is 11.2 Å². The Hall–Kier alpha value is -2.99. The molecule has 1 saturated heterocycles. The van der Waals surface area contributed by atoms with Crippen LogP contribution in [0.25, 0.3) is 10.4 Å². The third-order valence-electron chi connectivity index (χ3n) is 5.26. The summed E-state index contributed by atoms with van der Waals surface area (Å²) >= 11 is 1.33. The van der Waals surface area contributed by atoms with Gasteiger partial charge in [-0.25, -0.2) is 4.39 Å². The van der Waals surface area contributed by atoms with Gasteiger partial charge in [-0.05, 0) is 48.2 Å². The van der Waals surface area contributed by atoms with Gasteiger partial charge in [0.2, 0.25) is 5.91 Å². The van der Waals surface area contributed by atoms with Crippen molar-refractivity contribution >= 4 is 23.2 Å². The van der Waals surface area contributed by atoms with Crippen molar-refractivity contribution in [3.63, 3.8) is 0 Å². The van der Waals surface area contributed by atoms with E-state index in [1.165, 1.54) is 23.5 Å². The fraction of sp³-hybridized carbons (Fsp3) is 0.250. The summed E-state index contributed by atoms with van der Waals surface area (Å²) in [5.41, 5.74) is 1.86. The Morgan fingerprint density at radius 1 is 0.967 bits per heavy atom. The van der Waals surface area contributed by atoms with Crippen molar-refractivity contribution in [1.29, 1.82) is 0 Å². The first kappa shape index (κ1) is 20.3. The summed E-state index contributed by atoms with van der Waals surface area (Å²) in [5, 5.41) is 2.95. The largest absolute Gasteiger partial charge is 0.341 e. The number of carbonyl (C=O) groups is 2. The lowest BCUT2D eigenvalue weighted by molar-refractivity contribution is -0.132. The van der Waals surface area contributed by atoms with Gasteiger partial charge in [-0.2, -0.15) is 0 Å². The Morgan fingerprint density at radius 3 is 2.37 bits per heavy atom. The van der Waals surface area contributed by atoms with Gasteiger partial charge in [-0.1, -0.05) is 42.5 Å². The van der Waals surface area contributed by atoms with E-state index in [1.54, 1.807) is 18.2 Å². The highest BCUT2D eigenvalue weighted by Crippen LogP contribution is 2.28. The van der Waals surface area contributed by atoms with E-state index in [2.05, 4.69) is 5.32 Å². The van der Waals surface area contributed by atoms with Crippen molar-refractivity contribution in [2.45, 2.75) is 25.3 Å². The van der Waals surface area contributed by atoms with Gasteiger partial charge in [0.1, 0.15) is 11.9 Å². The molecule has 4 nitrogen and oxygen atoms in total. The van der Waals surface area contributed by atoms with E-state index in [4.69, 9.17) is 0 Å². The average molecular weight is 423 g/mol. The van der Waals surface area contributed by atoms with Gasteiger partial charge in [-0.3, -0.25) is 9.59 Å². The molecule has 1 fully saturated rings. The maximum atomic E-state index is 13.2. The molecule has 1 atom stereocenters. The topological polar surface area (TPSA) is 49.4 Å². The lowest BCUT2D eigenvalue weighted by Crippen LogP contribution is -2.48. The minimum atomic E-state index is -0.602. The molecule has 1 aliphatic rings. The van der Waals surface area contributed by atoms with E-state index in [-0.39, 0.29) is 17.6 Å². The number of hydrogen-bond donors (Lipinski definition) is 1. The molecule has 0 radical (unpaired) electrons. The second-order valence-corrected chi connectivity index (χ2v) is 8.50.